The fraction of sp³-hybridized carbons (Fsp3) is 0.941. The number of aliphatic hydroxyl groups is 6. The zero-order valence-electron chi connectivity index (χ0n) is 41.7. The number of aliphatic hydroxyl groups excluding tert-OH is 6. The Morgan fingerprint density at radius 1 is 0.378 bits per heavy atom. The number of rotatable bonds is 27. The van der Waals surface area contributed by atoms with E-state index < -0.39 is 237 Å². The molecule has 480 valence electrons. The van der Waals surface area contributed by atoms with Crippen LogP contribution in [0.2, 0.25) is 0 Å². The topological polar surface area (TPSA) is 634 Å². The van der Waals surface area contributed by atoms with Crippen LogP contribution in [-0.2, 0) is 144 Å². The quantitative estimate of drug-likeness (QED) is 0.0340. The van der Waals surface area contributed by atoms with E-state index in [-0.39, 0.29) is 0 Å². The van der Waals surface area contributed by atoms with Crippen molar-refractivity contribution in [3.05, 3.63) is 0 Å². The molecule has 13 N–H and O–H groups in total. The lowest BCUT2D eigenvalue weighted by Crippen LogP contribution is -2.69. The zero-order chi connectivity index (χ0) is 61.9. The monoisotopic (exact) mass is 1310 g/mol. The van der Waals surface area contributed by atoms with Gasteiger partial charge in [-0.15, -0.1) is 0 Å². The highest BCUT2D eigenvalue weighted by molar-refractivity contribution is 7.81. The van der Waals surface area contributed by atoms with Crippen LogP contribution >= 0.6 is 0 Å². The maximum atomic E-state index is 13.0. The predicted octanol–water partition coefficient (Wildman–Crippen LogP) is -9.99. The van der Waals surface area contributed by atoms with Crippen molar-refractivity contribution in [3.63, 3.8) is 0 Å². The van der Waals surface area contributed by atoms with Crippen LogP contribution < -0.4 is 0 Å². The third-order valence-electron chi connectivity index (χ3n) is 12.3. The van der Waals surface area contributed by atoms with E-state index in [0.717, 1.165) is 28.4 Å². The lowest BCUT2D eigenvalue weighted by atomic mass is 9.95. The maximum absolute atomic E-state index is 13.0. The minimum absolute atomic E-state index is 0.868. The Kier molecular flexibility index (Phi) is 24.1. The highest BCUT2D eigenvalue weighted by Crippen LogP contribution is 2.39. The molecule has 0 aromatic heterocycles. The summed E-state index contributed by atoms with van der Waals surface area (Å²) in [5, 5.41) is 85.0. The van der Waals surface area contributed by atoms with Gasteiger partial charge in [-0.3, -0.25) is 22.8 Å². The van der Waals surface area contributed by atoms with Gasteiger partial charge in [-0.25, -0.2) is 30.5 Å². The van der Waals surface area contributed by atoms with Crippen LogP contribution in [-0.4, -0.2) is 319 Å². The average molecular weight is 1310 g/mol. The van der Waals surface area contributed by atoms with Gasteiger partial charge in [0.15, 0.2) is 55.9 Å². The molecular weight excluding hydrogens is 1260 g/mol. The third kappa shape index (κ3) is 17.8. The third-order valence-corrected chi connectivity index (χ3v) is 14.6. The molecule has 0 amide bonds. The number of carboxylic acid groups (broad SMARTS) is 2. The van der Waals surface area contributed by atoms with Crippen LogP contribution in [0.1, 0.15) is 0 Å². The van der Waals surface area contributed by atoms with Crippen LogP contribution in [0.3, 0.4) is 0 Å². The zero-order valence-corrected chi connectivity index (χ0v) is 45.7. The molecule has 0 spiro atoms. The summed E-state index contributed by atoms with van der Waals surface area (Å²) >= 11 is 0. The van der Waals surface area contributed by atoms with Crippen molar-refractivity contribution in [2.24, 2.45) is 0 Å². The summed E-state index contributed by atoms with van der Waals surface area (Å²) in [5.74, 6) is -4.28. The first-order valence-electron chi connectivity index (χ1n) is 22.5. The van der Waals surface area contributed by atoms with Gasteiger partial charge in [0.1, 0.15) is 97.7 Å². The molecule has 43 nitrogen and oxygen atoms in total. The van der Waals surface area contributed by atoms with Crippen LogP contribution in [0.25, 0.3) is 0 Å². The van der Waals surface area contributed by atoms with Gasteiger partial charge in [-0.05, 0) is 0 Å². The molecule has 25 atom stereocenters. The van der Waals surface area contributed by atoms with Gasteiger partial charge in [0, 0.05) is 28.4 Å². The molecule has 0 aromatic rings. The molecule has 5 heterocycles. The molecule has 0 radical (unpaired) electrons. The fourth-order valence-corrected chi connectivity index (χ4v) is 11.3. The molecule has 82 heavy (non-hydrogen) atoms. The Hall–Kier alpha value is -2.47. The Morgan fingerprint density at radius 3 is 1.18 bits per heavy atom. The first-order chi connectivity index (χ1) is 37.8. The summed E-state index contributed by atoms with van der Waals surface area (Å²) < 4.78 is 261. The molecule has 5 aliphatic rings. The number of ether oxygens (including phenoxy) is 13. The number of aliphatic carboxylic acids is 2. The molecular formula is C34H56O43S5. The van der Waals surface area contributed by atoms with E-state index in [9.17, 15) is 115 Å². The van der Waals surface area contributed by atoms with Crippen molar-refractivity contribution in [3.8, 4) is 0 Å². The lowest BCUT2D eigenvalue weighted by molar-refractivity contribution is -0.386. The Balaban J connectivity index is 1.49. The molecule has 5 aliphatic heterocycles. The standard InChI is InChI=1S/C34H56O43S5/c1-60-14-10(7-64-78(45,46)47)67-34(27(21(14)61-2)77-82(57,58)59)71-23-22(62-3)26(63-4)33(73-25(23)29(42)43)69-16-9(6-36)66-31(13(39)19(16)75-80(51,52)53)70-17-11(37)20(76-81(54,55)56)32(72-24(17)28(40)41)68-15-8(5-35)65-30(44)12(38)18(15)74-79(48,49)50/h8-27,30-39,44H,5-7H2,1-4H3,(H,40,41)(H,42,43)(H,45,46,47)(H,48,49,50)(H,51,52,53)(H,54,55,56)(H,57,58,59)/t8-,9-,10-,11+,12-,13-,14-,15-,16-,17+,18-,19-,20-,21+,22+,23+,24-,25+,26-,27-,30+,31-,32-,33-,34-/m1/s1. The van der Waals surface area contributed by atoms with Crippen molar-refractivity contribution in [2.45, 2.75) is 154 Å². The summed E-state index contributed by atoms with van der Waals surface area (Å²) in [4.78, 5) is 25.8. The smallest absolute Gasteiger partial charge is 0.397 e. The van der Waals surface area contributed by atoms with Gasteiger partial charge in [0.25, 0.3) is 0 Å². The van der Waals surface area contributed by atoms with Crippen molar-refractivity contribution in [2.75, 3.05) is 48.3 Å². The SMILES string of the molecule is CO[C@@H]1[C@@H](OC)[C@H](O[C@H]2[C@H](OS(=O)(=O)O)[C@@H](O)[C@@H](O[C@H]3[C@H](O)[C@@H](OS(=O)(=O)O)[C@H](O[C@H]4[C@H](OS(=O)(=O)O)[C@@H](O)[C@@H](O)O[C@@H]4CO)O[C@H]3C(=O)O)O[C@@H]2CO)O[C@H](C(=O)O)[C@H]1O[C@H]1O[C@H](COS(=O)(=O)O)[C@@H](OC)[C@H](OC)[C@H]1OS(=O)(=O)O. The van der Waals surface area contributed by atoms with Crippen LogP contribution in [0.15, 0.2) is 0 Å². The first-order valence-corrected chi connectivity index (χ1v) is 29.3. The summed E-state index contributed by atoms with van der Waals surface area (Å²) in [6.07, 6.45) is -60.1. The van der Waals surface area contributed by atoms with Crippen LogP contribution in [0.5, 0.6) is 0 Å². The van der Waals surface area contributed by atoms with E-state index in [4.69, 9.17) is 65.8 Å². The molecule has 0 aliphatic carbocycles. The van der Waals surface area contributed by atoms with E-state index in [0.29, 0.717) is 0 Å². The van der Waals surface area contributed by atoms with Crippen molar-refractivity contribution < 1.29 is 198 Å². The largest absolute Gasteiger partial charge is 0.479 e. The van der Waals surface area contributed by atoms with Gasteiger partial charge < -0.3 is 102 Å². The summed E-state index contributed by atoms with van der Waals surface area (Å²) in [6, 6.07) is 0. The van der Waals surface area contributed by atoms with Crippen molar-refractivity contribution >= 4 is 63.9 Å². The van der Waals surface area contributed by atoms with Crippen molar-refractivity contribution in [1.29, 1.82) is 0 Å². The first kappa shape index (κ1) is 70.3. The molecule has 0 bridgehead atoms. The molecule has 0 unspecified atom stereocenters. The minimum atomic E-state index is -5.90. The second-order valence-electron chi connectivity index (χ2n) is 17.4. The number of methoxy groups -OCH3 is 4. The Labute approximate surface area is 462 Å². The van der Waals surface area contributed by atoms with E-state index in [2.05, 4.69) is 16.7 Å². The Bertz CT molecular complexity index is 2720. The highest BCUT2D eigenvalue weighted by atomic mass is 32.3. The van der Waals surface area contributed by atoms with E-state index in [1.165, 1.54) is 0 Å². The second-order valence-corrected chi connectivity index (χ2v) is 22.7. The normalized spacial score (nSPS) is 41.0. The number of carbonyl (C=O) groups is 2. The summed E-state index contributed by atoms with van der Waals surface area (Å²) in [6.45, 7) is -3.94. The average Bonchev–Trinajstić information content (AvgIpc) is 3.55. The minimum Gasteiger partial charge on any atom is -0.479 e. The number of hydrogen-bond donors (Lipinski definition) is 13. The van der Waals surface area contributed by atoms with Crippen molar-refractivity contribution in [1.82, 2.24) is 0 Å². The van der Waals surface area contributed by atoms with Gasteiger partial charge in [0.2, 0.25) is 0 Å². The summed E-state index contributed by atoms with van der Waals surface area (Å²) in [7, 11) is -24.6. The molecule has 5 saturated heterocycles. The van der Waals surface area contributed by atoms with Gasteiger partial charge in [-0.2, -0.15) is 42.1 Å². The molecule has 0 aromatic carbocycles. The van der Waals surface area contributed by atoms with Crippen LogP contribution in [0.4, 0.5) is 0 Å². The summed E-state index contributed by atoms with van der Waals surface area (Å²) in [5.41, 5.74) is 0. The van der Waals surface area contributed by atoms with Gasteiger partial charge in [-0.1, -0.05) is 0 Å². The second kappa shape index (κ2) is 28.1. The molecule has 5 rings (SSSR count). The van der Waals surface area contributed by atoms with Gasteiger partial charge in [0.05, 0.1) is 19.8 Å². The molecule has 5 fully saturated rings. The molecule has 48 heteroatoms. The fourth-order valence-electron chi connectivity index (χ4n) is 9.04. The maximum Gasteiger partial charge on any atom is 0.397 e. The van der Waals surface area contributed by atoms with Gasteiger partial charge >= 0.3 is 63.9 Å². The van der Waals surface area contributed by atoms with E-state index in [1.54, 1.807) is 0 Å². The predicted molar refractivity (Wildman–Crippen MR) is 239 cm³/mol. The highest BCUT2D eigenvalue weighted by Gasteiger charge is 2.61. The van der Waals surface area contributed by atoms with E-state index >= 15 is 0 Å². The van der Waals surface area contributed by atoms with E-state index in [1.807, 2.05) is 0 Å². The number of hydrogen-bond acceptors (Lipinski definition) is 36. The molecule has 0 saturated carbocycles. The van der Waals surface area contributed by atoms with Crippen LogP contribution in [0, 0.1) is 0 Å². The Morgan fingerprint density at radius 2 is 0.744 bits per heavy atom. The lowest BCUT2D eigenvalue weighted by Gasteiger charge is -2.50. The number of carboxylic acids is 2.